The van der Waals surface area contributed by atoms with Gasteiger partial charge in [-0.15, -0.1) is 0 Å². The number of imidazole rings is 1. The molecule has 100 valence electrons. The van der Waals surface area contributed by atoms with Gasteiger partial charge in [-0.05, 0) is 5.56 Å². The Kier molecular flexibility index (Phi) is 4.69. The number of aliphatic hydroxyl groups excluding tert-OH is 1. The molecular formula is C14H17N3O2. The predicted molar refractivity (Wildman–Crippen MR) is 71.3 cm³/mol. The maximum Gasteiger partial charge on any atom is 0.222 e. The zero-order valence-corrected chi connectivity index (χ0v) is 10.6. The van der Waals surface area contributed by atoms with E-state index in [1.54, 1.807) is 12.5 Å². The molecular weight excluding hydrogens is 242 g/mol. The van der Waals surface area contributed by atoms with Crippen molar-refractivity contribution in [2.75, 3.05) is 6.61 Å². The fourth-order valence-corrected chi connectivity index (χ4v) is 1.84. The van der Waals surface area contributed by atoms with E-state index in [9.17, 15) is 9.90 Å². The van der Waals surface area contributed by atoms with Gasteiger partial charge in [-0.3, -0.25) is 4.79 Å². The first-order valence-electron chi connectivity index (χ1n) is 6.20. The van der Waals surface area contributed by atoms with Gasteiger partial charge < -0.3 is 15.0 Å². The first-order valence-corrected chi connectivity index (χ1v) is 6.20. The normalized spacial score (nSPS) is 12.1. The average molecular weight is 259 g/mol. The molecule has 1 aromatic carbocycles. The number of aryl methyl sites for hydroxylation is 1. The molecule has 1 heterocycles. The number of hydrogen-bond acceptors (Lipinski definition) is 3. The molecule has 1 atom stereocenters. The molecule has 0 bridgehead atoms. The maximum atomic E-state index is 11.8. The number of hydrogen-bond donors (Lipinski definition) is 2. The predicted octanol–water partition coefficient (Wildman–Crippen LogP) is 1.12. The molecule has 1 aromatic heterocycles. The molecule has 0 aliphatic rings. The minimum atomic E-state index is -0.350. The molecule has 0 saturated heterocycles. The Morgan fingerprint density at radius 3 is 2.79 bits per heavy atom. The third kappa shape index (κ3) is 3.93. The lowest BCUT2D eigenvalue weighted by Gasteiger charge is -2.16. The maximum absolute atomic E-state index is 11.8. The second-order valence-corrected chi connectivity index (χ2v) is 4.26. The third-order valence-corrected chi connectivity index (χ3v) is 2.88. The Morgan fingerprint density at radius 1 is 1.37 bits per heavy atom. The molecule has 0 radical (unpaired) electrons. The van der Waals surface area contributed by atoms with Crippen LogP contribution in [-0.4, -0.2) is 27.2 Å². The molecule has 0 aliphatic heterocycles. The van der Waals surface area contributed by atoms with E-state index < -0.39 is 0 Å². The Balaban J connectivity index is 1.86. The van der Waals surface area contributed by atoms with Crippen LogP contribution in [0.3, 0.4) is 0 Å². The monoisotopic (exact) mass is 259 g/mol. The fraction of sp³-hybridized carbons (Fsp3) is 0.286. The largest absolute Gasteiger partial charge is 0.394 e. The van der Waals surface area contributed by atoms with Crippen LogP contribution in [0.25, 0.3) is 0 Å². The van der Waals surface area contributed by atoms with Crippen LogP contribution in [0.4, 0.5) is 0 Å². The van der Waals surface area contributed by atoms with Gasteiger partial charge in [0.25, 0.3) is 0 Å². The molecule has 0 aliphatic carbocycles. The SMILES string of the molecule is O=C(CCn1ccnc1)NC(CO)c1ccccc1. The van der Waals surface area contributed by atoms with Crippen molar-refractivity contribution in [3.63, 3.8) is 0 Å². The first-order chi connectivity index (χ1) is 9.29. The number of aliphatic hydroxyl groups is 1. The molecule has 2 N–H and O–H groups in total. The van der Waals surface area contributed by atoms with Crippen molar-refractivity contribution in [3.8, 4) is 0 Å². The van der Waals surface area contributed by atoms with Crippen molar-refractivity contribution in [1.29, 1.82) is 0 Å². The van der Waals surface area contributed by atoms with Crippen LogP contribution >= 0.6 is 0 Å². The summed E-state index contributed by atoms with van der Waals surface area (Å²) in [5, 5.41) is 12.2. The molecule has 0 fully saturated rings. The van der Waals surface area contributed by atoms with Gasteiger partial charge >= 0.3 is 0 Å². The Labute approximate surface area is 111 Å². The molecule has 0 saturated carbocycles. The van der Waals surface area contributed by atoms with Crippen LogP contribution in [0.1, 0.15) is 18.0 Å². The Hall–Kier alpha value is -2.14. The van der Waals surface area contributed by atoms with E-state index in [-0.39, 0.29) is 18.6 Å². The summed E-state index contributed by atoms with van der Waals surface area (Å²) in [5.74, 6) is -0.0865. The molecule has 0 spiro atoms. The highest BCUT2D eigenvalue weighted by Gasteiger charge is 2.12. The second kappa shape index (κ2) is 6.70. The van der Waals surface area contributed by atoms with Crippen molar-refractivity contribution in [2.45, 2.75) is 19.0 Å². The van der Waals surface area contributed by atoms with Crippen molar-refractivity contribution >= 4 is 5.91 Å². The summed E-state index contributed by atoms with van der Waals surface area (Å²) in [6.45, 7) is 0.472. The molecule has 5 heteroatoms. The van der Waals surface area contributed by atoms with Crippen molar-refractivity contribution in [2.24, 2.45) is 0 Å². The van der Waals surface area contributed by atoms with Crippen LogP contribution < -0.4 is 5.32 Å². The average Bonchev–Trinajstić information content (AvgIpc) is 2.97. The van der Waals surface area contributed by atoms with E-state index in [0.717, 1.165) is 5.56 Å². The Bertz CT molecular complexity index is 497. The first kappa shape index (κ1) is 13.3. The van der Waals surface area contributed by atoms with Gasteiger partial charge in [-0.2, -0.15) is 0 Å². The smallest absolute Gasteiger partial charge is 0.222 e. The van der Waals surface area contributed by atoms with Gasteiger partial charge in [0.05, 0.1) is 19.0 Å². The minimum absolute atomic E-state index is 0.0865. The lowest BCUT2D eigenvalue weighted by Crippen LogP contribution is -2.31. The fourth-order valence-electron chi connectivity index (χ4n) is 1.84. The van der Waals surface area contributed by atoms with E-state index in [1.165, 1.54) is 0 Å². The van der Waals surface area contributed by atoms with Gasteiger partial charge in [0, 0.05) is 25.4 Å². The molecule has 1 unspecified atom stereocenters. The topological polar surface area (TPSA) is 67.2 Å². The molecule has 1 amide bonds. The van der Waals surface area contributed by atoms with Gasteiger partial charge in [0.2, 0.25) is 5.91 Å². The van der Waals surface area contributed by atoms with Crippen molar-refractivity contribution < 1.29 is 9.90 Å². The lowest BCUT2D eigenvalue weighted by molar-refractivity contribution is -0.122. The minimum Gasteiger partial charge on any atom is -0.394 e. The highest BCUT2D eigenvalue weighted by molar-refractivity contribution is 5.76. The van der Waals surface area contributed by atoms with E-state index in [1.807, 2.05) is 41.1 Å². The van der Waals surface area contributed by atoms with Crippen molar-refractivity contribution in [3.05, 3.63) is 54.6 Å². The number of carbonyl (C=O) groups excluding carboxylic acids is 1. The number of nitrogens with one attached hydrogen (secondary N) is 1. The highest BCUT2D eigenvalue weighted by Crippen LogP contribution is 2.11. The lowest BCUT2D eigenvalue weighted by atomic mass is 10.1. The van der Waals surface area contributed by atoms with Crippen molar-refractivity contribution in [1.82, 2.24) is 14.9 Å². The molecule has 2 rings (SSSR count). The summed E-state index contributed by atoms with van der Waals surface area (Å²) >= 11 is 0. The van der Waals surface area contributed by atoms with Gasteiger partial charge in [0.15, 0.2) is 0 Å². The number of carbonyl (C=O) groups is 1. The van der Waals surface area contributed by atoms with E-state index >= 15 is 0 Å². The standard InChI is InChI=1S/C14H17N3O2/c18-10-13(12-4-2-1-3-5-12)16-14(19)6-8-17-9-7-15-11-17/h1-5,7,9,11,13,18H,6,8,10H2,(H,16,19). The quantitative estimate of drug-likeness (QED) is 0.817. The molecule has 2 aromatic rings. The summed E-state index contributed by atoms with van der Waals surface area (Å²) in [7, 11) is 0. The van der Waals surface area contributed by atoms with E-state index in [0.29, 0.717) is 13.0 Å². The third-order valence-electron chi connectivity index (χ3n) is 2.88. The highest BCUT2D eigenvalue weighted by atomic mass is 16.3. The zero-order valence-electron chi connectivity index (χ0n) is 10.6. The molecule has 19 heavy (non-hydrogen) atoms. The van der Waals surface area contributed by atoms with E-state index in [2.05, 4.69) is 10.3 Å². The van der Waals surface area contributed by atoms with Crippen LogP contribution in [-0.2, 0) is 11.3 Å². The second-order valence-electron chi connectivity index (χ2n) is 4.26. The van der Waals surface area contributed by atoms with Gasteiger partial charge in [0.1, 0.15) is 0 Å². The summed E-state index contributed by atoms with van der Waals surface area (Å²) < 4.78 is 1.84. The number of aromatic nitrogens is 2. The number of amides is 1. The summed E-state index contributed by atoms with van der Waals surface area (Å²) in [6, 6.07) is 9.09. The van der Waals surface area contributed by atoms with Gasteiger partial charge in [-0.1, -0.05) is 30.3 Å². The van der Waals surface area contributed by atoms with E-state index in [4.69, 9.17) is 0 Å². The number of benzene rings is 1. The molecule has 5 nitrogen and oxygen atoms in total. The van der Waals surface area contributed by atoms with Crippen LogP contribution in [0.15, 0.2) is 49.1 Å². The van der Waals surface area contributed by atoms with Gasteiger partial charge in [-0.25, -0.2) is 4.98 Å². The summed E-state index contributed by atoms with van der Waals surface area (Å²) in [5.41, 5.74) is 0.904. The zero-order chi connectivity index (χ0) is 13.5. The number of nitrogens with zero attached hydrogens (tertiary/aromatic N) is 2. The Morgan fingerprint density at radius 2 is 2.16 bits per heavy atom. The summed E-state index contributed by atoms with van der Waals surface area (Å²) in [6.07, 6.45) is 5.53. The van der Waals surface area contributed by atoms with Crippen LogP contribution in [0.5, 0.6) is 0 Å². The van der Waals surface area contributed by atoms with Crippen LogP contribution in [0.2, 0.25) is 0 Å². The summed E-state index contributed by atoms with van der Waals surface area (Å²) in [4.78, 5) is 15.7. The van der Waals surface area contributed by atoms with Crippen LogP contribution in [0, 0.1) is 0 Å². The number of rotatable bonds is 6.